The number of unbranched alkanes of at least 4 members (excludes halogenated alkanes) is 1. The predicted molar refractivity (Wildman–Crippen MR) is 437 cm³/mol. The Morgan fingerprint density at radius 1 is 0.441 bits per heavy atom. The number of nitriles is 1. The molecule has 7 amide bonds. The Morgan fingerprint density at radius 3 is 1.16 bits per heavy atom. The zero-order chi connectivity index (χ0) is 94.4. The summed E-state index contributed by atoms with van der Waals surface area (Å²) in [4.78, 5) is 194. The molecule has 47 heteroatoms. The van der Waals surface area contributed by atoms with Crippen molar-refractivity contribution in [3.8, 4) is 6.07 Å². The molecule has 8 N–H and O–H groups in total. The van der Waals surface area contributed by atoms with Crippen LogP contribution in [0.25, 0.3) is 0 Å². The normalized spacial score (nSPS) is 24.7. The van der Waals surface area contributed by atoms with E-state index in [9.17, 15) is 82.3 Å². The smallest absolute Gasteiger partial charge is 0.303 e. The van der Waals surface area contributed by atoms with Gasteiger partial charge in [0.2, 0.25) is 41.4 Å². The molecule has 0 aromatic heterocycles. The molecule has 3 aliphatic heterocycles. The fourth-order valence-electron chi connectivity index (χ4n) is 14.1. The van der Waals surface area contributed by atoms with E-state index in [0.717, 1.165) is 55.4 Å². The molecule has 127 heavy (non-hydrogen) atoms. The lowest BCUT2D eigenvalue weighted by Crippen LogP contribution is -2.66. The van der Waals surface area contributed by atoms with E-state index < -0.39 is 222 Å². The molecule has 0 radical (unpaired) electrons. The molecule has 1 aliphatic carbocycles. The van der Waals surface area contributed by atoms with Crippen LogP contribution in [0.15, 0.2) is 0 Å². The number of hydrogen-bond donors (Lipinski definition) is 8. The van der Waals surface area contributed by atoms with Crippen molar-refractivity contribution in [1.29, 1.82) is 5.26 Å². The van der Waals surface area contributed by atoms with Crippen LogP contribution in [-0.2, 0) is 166 Å². The summed E-state index contributed by atoms with van der Waals surface area (Å²) in [5.74, 6) is -10.7. The first-order chi connectivity index (χ1) is 60.2. The zero-order valence-corrected chi connectivity index (χ0v) is 76.1. The Morgan fingerprint density at radius 2 is 0.811 bits per heavy atom. The highest BCUT2D eigenvalue weighted by Crippen LogP contribution is 2.49. The molecule has 0 spiro atoms. The average Bonchev–Trinajstić information content (AvgIpc) is 0.794. The third-order valence-corrected chi connectivity index (χ3v) is 21.2. The fourth-order valence-corrected chi connectivity index (χ4v) is 15.9. The van der Waals surface area contributed by atoms with Gasteiger partial charge >= 0.3 is 47.8 Å². The molecule has 0 bridgehead atoms. The summed E-state index contributed by atoms with van der Waals surface area (Å²) in [6, 6.07) is -2.79. The highest BCUT2D eigenvalue weighted by molar-refractivity contribution is 7.44. The summed E-state index contributed by atoms with van der Waals surface area (Å²) in [5, 5.41) is 38.3. The molecule has 4 fully saturated rings. The van der Waals surface area contributed by atoms with Crippen LogP contribution >= 0.6 is 8.53 Å². The van der Waals surface area contributed by atoms with Crippen LogP contribution in [0.5, 0.6) is 0 Å². The van der Waals surface area contributed by atoms with Gasteiger partial charge in [-0.2, -0.15) is 5.26 Å². The zero-order valence-electron chi connectivity index (χ0n) is 75.2. The van der Waals surface area contributed by atoms with Gasteiger partial charge in [-0.15, -0.1) is 0 Å². The van der Waals surface area contributed by atoms with E-state index in [4.69, 9.17) is 94.3 Å². The molecule has 18 unspecified atom stereocenters. The molecule has 3 heterocycles. The minimum Gasteiger partial charge on any atom is -0.463 e. The van der Waals surface area contributed by atoms with Gasteiger partial charge in [0.05, 0.1) is 110 Å². The summed E-state index contributed by atoms with van der Waals surface area (Å²) in [6.45, 7) is 17.4. The van der Waals surface area contributed by atoms with E-state index in [0.29, 0.717) is 32.1 Å². The van der Waals surface area contributed by atoms with Crippen LogP contribution < -0.4 is 37.2 Å². The second kappa shape index (κ2) is 59.6. The van der Waals surface area contributed by atoms with Crippen LogP contribution in [0.2, 0.25) is 0 Å². The maximum Gasteiger partial charge on any atom is 0.303 e. The summed E-state index contributed by atoms with van der Waals surface area (Å²) in [5.41, 5.74) is 0. The van der Waals surface area contributed by atoms with Gasteiger partial charge in [0.15, 0.2) is 61.8 Å². The van der Waals surface area contributed by atoms with E-state index in [1.165, 1.54) is 32.6 Å². The topological polar surface area (TPSA) is 575 Å². The third kappa shape index (κ3) is 42.7. The molecule has 18 atom stereocenters. The summed E-state index contributed by atoms with van der Waals surface area (Å²) >= 11 is 0. The van der Waals surface area contributed by atoms with E-state index in [1.807, 2.05) is 27.7 Å². The number of ether oxygens (including phenoxy) is 18. The molecule has 46 nitrogen and oxygen atoms in total. The highest BCUT2D eigenvalue weighted by Gasteiger charge is 2.55. The molecule has 1 saturated carbocycles. The lowest BCUT2D eigenvalue weighted by atomic mass is 9.87. The van der Waals surface area contributed by atoms with Gasteiger partial charge in [-0.25, -0.2) is 4.67 Å². The van der Waals surface area contributed by atoms with Gasteiger partial charge < -0.3 is 137 Å². The van der Waals surface area contributed by atoms with Crippen LogP contribution in [0.1, 0.15) is 162 Å². The first-order valence-corrected chi connectivity index (χ1v) is 43.4. The standard InChI is InChI=1S/C80H131N10O36P/c1-45(2)90(46(3)4)127(116-30-19-25-81)126-60-23-21-59(22-24-60)76(105)84-26-18-17-20-61(77(106)85-29-33-109-36-39-112-80-69(88-49(7)93)75(122-58(16)102)72(119-55(13)99)64(125-80)44-115-52(10)96)89(40-65(103)82-27-31-107-34-37-110-78-67(86-47(5)91)73(120-56(14)100)70(117-53(11)97)62(123-78)42-113-50(8)94)41-66(104)83-28-32-108-35-38-111-79-68(87-48(6)92)74(121-57(15)101)71(118-54(12)98)63(124-79)43-114-51(9)95/h45-46,50,59-64,67-75,78-80,94H,17-24,26-44H2,1-16H3,(H,82,103)(H,83,104)(H,84,105)(H,85,106)(H,86,91)(H,87,92)(H,88,93). The lowest BCUT2D eigenvalue weighted by Gasteiger charge is -2.45. The van der Waals surface area contributed by atoms with E-state index in [-0.39, 0.29) is 148 Å². The Kier molecular flexibility index (Phi) is 51.9. The number of hydrogen-bond acceptors (Lipinski definition) is 39. The second-order valence-electron chi connectivity index (χ2n) is 30.6. The molecular weight excluding hydrogens is 1710 g/mol. The van der Waals surface area contributed by atoms with Gasteiger partial charge in [-0.1, -0.05) is 0 Å². The highest BCUT2D eigenvalue weighted by atomic mass is 31.2. The number of carbonyl (C=O) groups excluding carboxylic acids is 15. The first kappa shape index (κ1) is 111. The maximum atomic E-state index is 14.8. The van der Waals surface area contributed by atoms with Gasteiger partial charge in [0, 0.05) is 120 Å². The molecule has 0 aromatic rings. The van der Waals surface area contributed by atoms with Gasteiger partial charge in [0.25, 0.3) is 8.53 Å². The van der Waals surface area contributed by atoms with Crippen LogP contribution in [-0.4, -0.2) is 351 Å². The van der Waals surface area contributed by atoms with Crippen LogP contribution in [0.4, 0.5) is 0 Å². The molecule has 0 aromatic carbocycles. The Labute approximate surface area is 740 Å². The van der Waals surface area contributed by atoms with Crippen molar-refractivity contribution >= 4 is 97.6 Å². The Balaban J connectivity index is 1.60. The van der Waals surface area contributed by atoms with Crippen molar-refractivity contribution in [2.75, 3.05) is 125 Å². The van der Waals surface area contributed by atoms with Crippen molar-refractivity contribution in [2.24, 2.45) is 5.92 Å². The molecular formula is C80H131N10O36P. The number of aliphatic hydroxyl groups excluding tert-OH is 1. The number of amides is 7. The number of esters is 8. The monoisotopic (exact) mass is 1840 g/mol. The number of nitrogens with one attached hydrogen (secondary N) is 7. The molecule has 4 rings (SSSR count). The van der Waals surface area contributed by atoms with E-state index >= 15 is 0 Å². The summed E-state index contributed by atoms with van der Waals surface area (Å²) in [7, 11) is -1.51. The average molecular weight is 1840 g/mol. The summed E-state index contributed by atoms with van der Waals surface area (Å²) < 4.78 is 117. The second-order valence-corrected chi connectivity index (χ2v) is 32.0. The number of aliphatic hydroxyl groups is 1. The molecule has 4 aliphatic rings. The van der Waals surface area contributed by atoms with Gasteiger partial charge in [-0.3, -0.25) is 76.8 Å². The first-order valence-electron chi connectivity index (χ1n) is 42.2. The number of nitrogens with zero attached hydrogens (tertiary/aromatic N) is 3. The van der Waals surface area contributed by atoms with Crippen molar-refractivity contribution < 1.29 is 171 Å². The minimum atomic E-state index is -1.51. The lowest BCUT2D eigenvalue weighted by molar-refractivity contribution is -0.285. The number of carbonyl (C=O) groups is 15. The van der Waals surface area contributed by atoms with Gasteiger partial charge in [0.1, 0.15) is 49.7 Å². The van der Waals surface area contributed by atoms with Crippen LogP contribution in [0.3, 0.4) is 0 Å². The third-order valence-electron chi connectivity index (χ3n) is 19.1. The van der Waals surface area contributed by atoms with Gasteiger partial charge in [-0.05, 0) is 79.6 Å². The van der Waals surface area contributed by atoms with Crippen LogP contribution in [0, 0.1) is 17.2 Å². The SMILES string of the molecule is CC(=O)NC1C(OCCOCCNC(=O)CN(CC(=O)NCCOCCOC2OC(COC(C)O)C(OC(C)=O)C(OC(C)=O)C2NC(C)=O)C(CCCCNC(=O)C2CCC(OP(OCCC#N)N(C(C)C)C(C)C)CC2)C(=O)NCCOCCOC2OC(COC(C)=O)C(OC(C)=O)C(OC(C)=O)C2NC(C)=O)OC(COC(C)=O)C(OC(C)=O)C1OC(C)=O. The summed E-state index contributed by atoms with van der Waals surface area (Å²) in [6.07, 6.45) is -14.8. The Hall–Kier alpha value is -8.63. The Bertz CT molecular complexity index is 3530. The molecule has 722 valence electrons. The minimum absolute atomic E-state index is 0.00529. The predicted octanol–water partition coefficient (Wildman–Crippen LogP) is -0.997. The maximum absolute atomic E-state index is 14.8. The van der Waals surface area contributed by atoms with Crippen molar-refractivity contribution in [2.45, 2.75) is 285 Å². The fraction of sp³-hybridized carbons (Fsp3) is 0.800. The quantitative estimate of drug-likeness (QED) is 0.0119. The van der Waals surface area contributed by atoms with Crippen molar-refractivity contribution in [1.82, 2.24) is 46.8 Å². The van der Waals surface area contributed by atoms with Crippen molar-refractivity contribution in [3.05, 3.63) is 0 Å². The largest absolute Gasteiger partial charge is 0.463 e. The van der Waals surface area contributed by atoms with Crippen molar-refractivity contribution in [3.63, 3.8) is 0 Å². The molecule has 3 saturated heterocycles. The number of rotatable bonds is 57. The van der Waals surface area contributed by atoms with E-state index in [2.05, 4.69) is 48.0 Å². The van der Waals surface area contributed by atoms with E-state index in [1.54, 1.807) is 0 Å².